The Morgan fingerprint density at radius 3 is 2.71 bits per heavy atom. The second-order valence-electron chi connectivity index (χ2n) is 7.33. The molecule has 0 radical (unpaired) electrons. The normalized spacial score (nSPS) is 13.0. The first-order chi connectivity index (χ1) is 13.8. The van der Waals surface area contributed by atoms with Crippen LogP contribution in [-0.2, 0) is 30.7 Å². The van der Waals surface area contributed by atoms with Crippen molar-refractivity contribution in [2.24, 2.45) is 0 Å². The first kappa shape index (κ1) is 16.8. The van der Waals surface area contributed by atoms with Crippen LogP contribution in [0.3, 0.4) is 0 Å². The number of hydrogen-bond acceptors (Lipinski definition) is 2. The van der Waals surface area contributed by atoms with Gasteiger partial charge in [-0.15, -0.1) is 0 Å². The molecule has 0 unspecified atom stereocenters. The van der Waals surface area contributed by atoms with Crippen molar-refractivity contribution in [2.45, 2.75) is 32.4 Å². The number of hydrogen-bond donors (Lipinski definition) is 1. The number of fused-ring (bicyclic) bond motifs is 3. The van der Waals surface area contributed by atoms with Crippen molar-refractivity contribution in [3.8, 4) is 0 Å². The van der Waals surface area contributed by atoms with Gasteiger partial charge in [-0.05, 0) is 54.7 Å². The molecule has 0 saturated heterocycles. The number of aromatic nitrogens is 3. The molecule has 0 fully saturated rings. The van der Waals surface area contributed by atoms with Gasteiger partial charge in [0.2, 0.25) is 5.91 Å². The lowest BCUT2D eigenvalue weighted by Crippen LogP contribution is -2.19. The van der Waals surface area contributed by atoms with E-state index < -0.39 is 0 Å². The molecule has 2 aromatic carbocycles. The molecule has 5 nitrogen and oxygen atoms in total. The summed E-state index contributed by atoms with van der Waals surface area (Å²) in [7, 11) is 0. The highest BCUT2D eigenvalue weighted by atomic mass is 16.1. The van der Waals surface area contributed by atoms with Crippen LogP contribution in [-0.4, -0.2) is 20.3 Å². The molecule has 0 bridgehead atoms. The molecule has 140 valence electrons. The monoisotopic (exact) mass is 370 g/mol. The molecular weight excluding hydrogens is 348 g/mol. The quantitative estimate of drug-likeness (QED) is 0.577. The topological polar surface area (TPSA) is 51.9 Å². The smallest absolute Gasteiger partial charge is 0.244 e. The number of amides is 1. The predicted octanol–water partition coefficient (Wildman–Crippen LogP) is 4.01. The summed E-state index contributed by atoms with van der Waals surface area (Å²) >= 11 is 0. The van der Waals surface area contributed by atoms with Crippen LogP contribution < -0.4 is 5.32 Å². The van der Waals surface area contributed by atoms with Crippen LogP contribution >= 0.6 is 0 Å². The minimum Gasteiger partial charge on any atom is -0.335 e. The van der Waals surface area contributed by atoms with Gasteiger partial charge in [-0.1, -0.05) is 30.3 Å². The Morgan fingerprint density at radius 1 is 1.04 bits per heavy atom. The third-order valence-electron chi connectivity index (χ3n) is 5.48. The molecule has 2 aromatic heterocycles. The van der Waals surface area contributed by atoms with Gasteiger partial charge in [0.15, 0.2) is 0 Å². The lowest BCUT2D eigenvalue weighted by molar-refractivity contribution is -0.116. The van der Waals surface area contributed by atoms with Crippen LogP contribution in [0.4, 0.5) is 5.69 Å². The molecule has 0 aliphatic heterocycles. The molecule has 1 aliphatic carbocycles. The fourth-order valence-corrected chi connectivity index (χ4v) is 4.22. The van der Waals surface area contributed by atoms with Gasteiger partial charge in [-0.2, -0.15) is 5.10 Å². The highest BCUT2D eigenvalue weighted by molar-refractivity contribution is 5.93. The summed E-state index contributed by atoms with van der Waals surface area (Å²) in [6, 6.07) is 18.3. The van der Waals surface area contributed by atoms with Crippen LogP contribution in [0.2, 0.25) is 0 Å². The Kier molecular flexibility index (Phi) is 4.20. The largest absolute Gasteiger partial charge is 0.335 e. The number of benzene rings is 2. The Hall–Kier alpha value is -3.34. The van der Waals surface area contributed by atoms with Crippen molar-refractivity contribution in [1.82, 2.24) is 14.3 Å². The Labute approximate surface area is 163 Å². The van der Waals surface area contributed by atoms with Crippen LogP contribution in [0.5, 0.6) is 0 Å². The number of aryl methyl sites for hydroxylation is 1. The molecule has 0 saturated carbocycles. The summed E-state index contributed by atoms with van der Waals surface area (Å²) in [4.78, 5) is 12.7. The maximum Gasteiger partial charge on any atom is 0.244 e. The van der Waals surface area contributed by atoms with Gasteiger partial charge >= 0.3 is 0 Å². The summed E-state index contributed by atoms with van der Waals surface area (Å²) in [6.07, 6.45) is 7.06. The summed E-state index contributed by atoms with van der Waals surface area (Å²) in [5.74, 6) is 0.00952. The zero-order chi connectivity index (χ0) is 18.9. The number of anilines is 1. The number of nitrogens with one attached hydrogen (secondary N) is 1. The highest BCUT2D eigenvalue weighted by Crippen LogP contribution is 2.32. The Morgan fingerprint density at radius 2 is 1.89 bits per heavy atom. The third-order valence-corrected chi connectivity index (χ3v) is 5.48. The van der Waals surface area contributed by atoms with Gasteiger partial charge in [0.1, 0.15) is 6.54 Å². The van der Waals surface area contributed by atoms with Crippen LogP contribution in [0.1, 0.15) is 23.2 Å². The molecule has 1 amide bonds. The lowest BCUT2D eigenvalue weighted by Gasteiger charge is -2.11. The van der Waals surface area contributed by atoms with E-state index in [0.717, 1.165) is 36.2 Å². The number of rotatable bonds is 5. The first-order valence-corrected chi connectivity index (χ1v) is 9.73. The Balaban J connectivity index is 1.31. The molecule has 1 aliphatic rings. The van der Waals surface area contributed by atoms with Gasteiger partial charge < -0.3 is 9.88 Å². The van der Waals surface area contributed by atoms with E-state index in [4.69, 9.17) is 0 Å². The standard InChI is InChI=1S/C23H22N4O/c28-23(25-18-11-9-17(10-12-18)15-26-14-4-13-24-26)16-27-21-7-2-1-5-19(21)20-6-3-8-22(20)27/h1-2,4-5,7,9-14H,3,6,8,15-16H2,(H,25,28). The van der Waals surface area contributed by atoms with Crippen molar-refractivity contribution < 1.29 is 4.79 Å². The molecule has 2 heterocycles. The minimum atomic E-state index is 0.00952. The van der Waals surface area contributed by atoms with Gasteiger partial charge in [0.25, 0.3) is 0 Å². The summed E-state index contributed by atoms with van der Waals surface area (Å²) in [6.45, 7) is 1.08. The summed E-state index contributed by atoms with van der Waals surface area (Å²) < 4.78 is 4.07. The molecule has 1 N–H and O–H groups in total. The fourth-order valence-electron chi connectivity index (χ4n) is 4.22. The minimum absolute atomic E-state index is 0.00952. The fraction of sp³-hybridized carbons (Fsp3) is 0.217. The zero-order valence-electron chi connectivity index (χ0n) is 15.6. The van der Waals surface area contributed by atoms with E-state index >= 15 is 0 Å². The molecule has 4 aromatic rings. The van der Waals surface area contributed by atoms with Crippen molar-refractivity contribution in [1.29, 1.82) is 0 Å². The number of nitrogens with zero attached hydrogens (tertiary/aromatic N) is 3. The van der Waals surface area contributed by atoms with E-state index in [1.165, 1.54) is 23.1 Å². The maximum absolute atomic E-state index is 12.7. The van der Waals surface area contributed by atoms with E-state index in [1.54, 1.807) is 6.20 Å². The summed E-state index contributed by atoms with van der Waals surface area (Å²) in [5, 5.41) is 8.56. The SMILES string of the molecule is O=C(Cn1c2c(c3ccccc31)CCC2)Nc1ccc(Cn2cccn2)cc1. The van der Waals surface area contributed by atoms with Crippen LogP contribution in [0, 0.1) is 0 Å². The number of carbonyl (C=O) groups excluding carboxylic acids is 1. The van der Waals surface area contributed by atoms with Gasteiger partial charge in [0.05, 0.1) is 6.54 Å². The Bertz CT molecular complexity index is 1120. The van der Waals surface area contributed by atoms with Crippen LogP contribution in [0.25, 0.3) is 10.9 Å². The zero-order valence-corrected chi connectivity index (χ0v) is 15.6. The van der Waals surface area contributed by atoms with E-state index in [0.29, 0.717) is 6.54 Å². The molecule has 28 heavy (non-hydrogen) atoms. The second kappa shape index (κ2) is 7.00. The van der Waals surface area contributed by atoms with E-state index in [9.17, 15) is 4.79 Å². The first-order valence-electron chi connectivity index (χ1n) is 9.73. The van der Waals surface area contributed by atoms with Crippen molar-refractivity contribution in [2.75, 3.05) is 5.32 Å². The van der Waals surface area contributed by atoms with E-state index in [-0.39, 0.29) is 5.91 Å². The molecular formula is C23H22N4O. The molecule has 5 rings (SSSR count). The van der Waals surface area contributed by atoms with Gasteiger partial charge in [-0.3, -0.25) is 9.48 Å². The average molecular weight is 370 g/mol. The predicted molar refractivity (Wildman–Crippen MR) is 110 cm³/mol. The highest BCUT2D eigenvalue weighted by Gasteiger charge is 2.22. The van der Waals surface area contributed by atoms with E-state index in [2.05, 4.69) is 33.2 Å². The lowest BCUT2D eigenvalue weighted by atomic mass is 10.1. The number of carbonyl (C=O) groups is 1. The van der Waals surface area contributed by atoms with Crippen molar-refractivity contribution in [3.05, 3.63) is 83.8 Å². The maximum atomic E-state index is 12.7. The second-order valence-corrected chi connectivity index (χ2v) is 7.33. The third kappa shape index (κ3) is 3.09. The van der Waals surface area contributed by atoms with Crippen molar-refractivity contribution in [3.63, 3.8) is 0 Å². The van der Waals surface area contributed by atoms with Gasteiger partial charge in [-0.25, -0.2) is 0 Å². The van der Waals surface area contributed by atoms with Crippen molar-refractivity contribution >= 4 is 22.5 Å². The average Bonchev–Trinajstić information content (AvgIpc) is 3.43. The van der Waals surface area contributed by atoms with Gasteiger partial charge in [0, 0.05) is 34.7 Å². The molecule has 5 heteroatoms. The van der Waals surface area contributed by atoms with Crippen LogP contribution in [0.15, 0.2) is 67.0 Å². The summed E-state index contributed by atoms with van der Waals surface area (Å²) in [5.41, 5.74) is 5.88. The molecule has 0 atom stereocenters. The number of para-hydroxylation sites is 1. The molecule has 0 spiro atoms. The van der Waals surface area contributed by atoms with E-state index in [1.807, 2.05) is 47.3 Å².